The van der Waals surface area contributed by atoms with Gasteiger partial charge in [0.15, 0.2) is 11.5 Å². The van der Waals surface area contributed by atoms with Crippen molar-refractivity contribution in [2.24, 2.45) is 0 Å². The molecule has 7 nitrogen and oxygen atoms in total. The molecule has 0 bridgehead atoms. The van der Waals surface area contributed by atoms with E-state index in [0.29, 0.717) is 16.3 Å². The van der Waals surface area contributed by atoms with Gasteiger partial charge in [0.2, 0.25) is 0 Å². The lowest BCUT2D eigenvalue weighted by Crippen LogP contribution is -2.14. The summed E-state index contributed by atoms with van der Waals surface area (Å²) >= 11 is 1.43. The number of nitrogens with one attached hydrogen (secondary N) is 1. The Morgan fingerprint density at radius 3 is 2.97 bits per heavy atom. The number of rotatable bonds is 4. The van der Waals surface area contributed by atoms with Gasteiger partial charge in [-0.15, -0.1) is 11.3 Å². The maximum Gasteiger partial charge on any atom is 0.341 e. The Bertz CT molecular complexity index is 1160. The summed E-state index contributed by atoms with van der Waals surface area (Å²) in [5, 5.41) is 7.25. The SMILES string of the molecule is COC(=O)c1c(NC(=O)c2cc(-c3ccc4c(c3)C[C@@H](C)O4)on2)sc2c1CCC2. The van der Waals surface area contributed by atoms with Gasteiger partial charge in [-0.2, -0.15) is 0 Å². The summed E-state index contributed by atoms with van der Waals surface area (Å²) in [7, 11) is 1.35. The minimum Gasteiger partial charge on any atom is -0.490 e. The van der Waals surface area contributed by atoms with Crippen molar-refractivity contribution >= 4 is 28.2 Å². The highest BCUT2D eigenvalue weighted by Gasteiger charge is 2.29. The first-order valence-corrected chi connectivity index (χ1v) is 10.7. The molecule has 0 spiro atoms. The fourth-order valence-electron chi connectivity index (χ4n) is 4.07. The van der Waals surface area contributed by atoms with Crippen molar-refractivity contribution in [3.63, 3.8) is 0 Å². The summed E-state index contributed by atoms with van der Waals surface area (Å²) in [5.74, 6) is 0.530. The summed E-state index contributed by atoms with van der Waals surface area (Å²) in [6.07, 6.45) is 3.73. The van der Waals surface area contributed by atoms with Crippen LogP contribution in [-0.2, 0) is 24.0 Å². The van der Waals surface area contributed by atoms with Gasteiger partial charge in [-0.05, 0) is 55.5 Å². The van der Waals surface area contributed by atoms with Crippen LogP contribution in [0.2, 0.25) is 0 Å². The molecule has 5 rings (SSSR count). The number of thiophene rings is 1. The Kier molecular flexibility index (Phi) is 4.58. The predicted octanol–water partition coefficient (Wildman–Crippen LogP) is 4.25. The van der Waals surface area contributed by atoms with Crippen molar-refractivity contribution in [1.29, 1.82) is 0 Å². The predicted molar refractivity (Wildman–Crippen MR) is 111 cm³/mol. The van der Waals surface area contributed by atoms with Crippen molar-refractivity contribution in [1.82, 2.24) is 5.16 Å². The number of anilines is 1. The number of hydrogen-bond donors (Lipinski definition) is 1. The van der Waals surface area contributed by atoms with Gasteiger partial charge in [0, 0.05) is 22.9 Å². The van der Waals surface area contributed by atoms with Crippen molar-refractivity contribution in [3.05, 3.63) is 51.5 Å². The maximum atomic E-state index is 12.8. The van der Waals surface area contributed by atoms with E-state index in [-0.39, 0.29) is 11.8 Å². The Morgan fingerprint density at radius 2 is 2.13 bits per heavy atom. The van der Waals surface area contributed by atoms with E-state index < -0.39 is 11.9 Å². The van der Waals surface area contributed by atoms with Crippen LogP contribution in [0.3, 0.4) is 0 Å². The molecule has 2 aliphatic rings. The van der Waals surface area contributed by atoms with Crippen LogP contribution in [0, 0.1) is 0 Å². The molecule has 1 aliphatic carbocycles. The minimum atomic E-state index is -0.430. The fraction of sp³-hybridized carbons (Fsp3) is 0.318. The third-order valence-corrected chi connectivity index (χ3v) is 6.67. The van der Waals surface area contributed by atoms with E-state index in [9.17, 15) is 9.59 Å². The van der Waals surface area contributed by atoms with Crippen molar-refractivity contribution < 1.29 is 23.6 Å². The van der Waals surface area contributed by atoms with Crippen LogP contribution < -0.4 is 10.1 Å². The maximum absolute atomic E-state index is 12.8. The Balaban J connectivity index is 1.39. The zero-order valence-electron chi connectivity index (χ0n) is 16.6. The second kappa shape index (κ2) is 7.28. The molecule has 0 saturated heterocycles. The highest BCUT2D eigenvalue weighted by atomic mass is 32.1. The van der Waals surface area contributed by atoms with Crippen LogP contribution in [0.4, 0.5) is 5.00 Å². The van der Waals surface area contributed by atoms with Gasteiger partial charge in [0.1, 0.15) is 16.9 Å². The van der Waals surface area contributed by atoms with Gasteiger partial charge < -0.3 is 19.3 Å². The largest absolute Gasteiger partial charge is 0.490 e. The number of esters is 1. The lowest BCUT2D eigenvalue weighted by molar-refractivity contribution is 0.0601. The van der Waals surface area contributed by atoms with E-state index in [1.165, 1.54) is 18.4 Å². The molecule has 1 aromatic carbocycles. The number of benzene rings is 1. The molecule has 3 aromatic rings. The van der Waals surface area contributed by atoms with E-state index >= 15 is 0 Å². The van der Waals surface area contributed by atoms with Crippen LogP contribution in [-0.4, -0.2) is 30.2 Å². The summed E-state index contributed by atoms with van der Waals surface area (Å²) in [6, 6.07) is 7.40. The van der Waals surface area contributed by atoms with Gasteiger partial charge in [-0.1, -0.05) is 5.16 Å². The zero-order chi connectivity index (χ0) is 20.8. The molecule has 1 aliphatic heterocycles. The van der Waals surface area contributed by atoms with Crippen LogP contribution >= 0.6 is 11.3 Å². The third kappa shape index (κ3) is 3.17. The molecule has 0 unspecified atom stereocenters. The van der Waals surface area contributed by atoms with Gasteiger partial charge in [-0.3, -0.25) is 4.79 Å². The Labute approximate surface area is 177 Å². The first-order valence-electron chi connectivity index (χ1n) is 9.84. The van der Waals surface area contributed by atoms with Gasteiger partial charge in [-0.25, -0.2) is 4.79 Å². The van der Waals surface area contributed by atoms with E-state index in [0.717, 1.165) is 53.0 Å². The standard InChI is InChI=1S/C22H20N2O5S/c1-11-8-13-9-12(6-7-16(13)28-11)17-10-15(24-29-17)20(25)23-21-19(22(26)27-2)14-4-3-5-18(14)30-21/h6-7,9-11H,3-5,8H2,1-2H3,(H,23,25)/t11-/m1/s1. The van der Waals surface area contributed by atoms with E-state index in [1.54, 1.807) is 6.07 Å². The van der Waals surface area contributed by atoms with Crippen LogP contribution in [0.25, 0.3) is 11.3 Å². The van der Waals surface area contributed by atoms with Crippen LogP contribution in [0.1, 0.15) is 50.2 Å². The smallest absolute Gasteiger partial charge is 0.341 e. The molecule has 30 heavy (non-hydrogen) atoms. The molecule has 0 fully saturated rings. The molecule has 1 N–H and O–H groups in total. The second-order valence-corrected chi connectivity index (χ2v) is 8.64. The van der Waals surface area contributed by atoms with E-state index in [2.05, 4.69) is 10.5 Å². The van der Waals surface area contributed by atoms with E-state index in [1.807, 2.05) is 25.1 Å². The van der Waals surface area contributed by atoms with E-state index in [4.69, 9.17) is 14.0 Å². The molecule has 154 valence electrons. The average Bonchev–Trinajstić information content (AvgIpc) is 3.49. The van der Waals surface area contributed by atoms with Gasteiger partial charge in [0.25, 0.3) is 5.91 Å². The number of carbonyl (C=O) groups is 2. The third-order valence-electron chi connectivity index (χ3n) is 5.46. The Hall–Kier alpha value is -3.13. The first kappa shape index (κ1) is 18.9. The normalized spacial score (nSPS) is 16.7. The van der Waals surface area contributed by atoms with Crippen LogP contribution in [0.15, 0.2) is 28.8 Å². The van der Waals surface area contributed by atoms with Gasteiger partial charge in [0.05, 0.1) is 12.7 Å². The van der Waals surface area contributed by atoms with Crippen molar-refractivity contribution in [2.75, 3.05) is 12.4 Å². The highest BCUT2D eigenvalue weighted by molar-refractivity contribution is 7.17. The summed E-state index contributed by atoms with van der Waals surface area (Å²) < 4.78 is 16.1. The first-order chi connectivity index (χ1) is 14.5. The highest BCUT2D eigenvalue weighted by Crippen LogP contribution is 2.40. The molecular weight excluding hydrogens is 404 g/mol. The van der Waals surface area contributed by atoms with Gasteiger partial charge >= 0.3 is 5.97 Å². The number of hydrogen-bond acceptors (Lipinski definition) is 7. The number of methoxy groups -OCH3 is 1. The molecular formula is C22H20N2O5S. The zero-order valence-corrected chi connectivity index (χ0v) is 17.4. The number of fused-ring (bicyclic) bond motifs is 2. The quantitative estimate of drug-likeness (QED) is 0.630. The number of amides is 1. The Morgan fingerprint density at radius 1 is 1.27 bits per heavy atom. The summed E-state index contributed by atoms with van der Waals surface area (Å²) in [6.45, 7) is 2.03. The lowest BCUT2D eigenvalue weighted by atomic mass is 10.1. The number of nitrogens with zero attached hydrogens (tertiary/aromatic N) is 1. The number of aryl methyl sites for hydroxylation is 1. The molecule has 0 saturated carbocycles. The van der Waals surface area contributed by atoms with Crippen molar-refractivity contribution in [2.45, 2.75) is 38.7 Å². The molecule has 1 atom stereocenters. The fourth-order valence-corrected chi connectivity index (χ4v) is 5.34. The summed E-state index contributed by atoms with van der Waals surface area (Å²) in [4.78, 5) is 26.2. The molecule has 8 heteroatoms. The second-order valence-electron chi connectivity index (χ2n) is 7.54. The molecule has 3 heterocycles. The minimum absolute atomic E-state index is 0.152. The number of carbonyl (C=O) groups excluding carboxylic acids is 2. The van der Waals surface area contributed by atoms with Crippen LogP contribution in [0.5, 0.6) is 5.75 Å². The molecule has 1 amide bonds. The monoisotopic (exact) mass is 424 g/mol. The number of ether oxygens (including phenoxy) is 2. The molecule has 0 radical (unpaired) electrons. The van der Waals surface area contributed by atoms with Crippen molar-refractivity contribution in [3.8, 4) is 17.1 Å². The molecule has 2 aromatic heterocycles. The lowest BCUT2D eigenvalue weighted by Gasteiger charge is -2.05. The topological polar surface area (TPSA) is 90.7 Å². The average molecular weight is 424 g/mol. The summed E-state index contributed by atoms with van der Waals surface area (Å²) in [5.41, 5.74) is 3.54. The number of aromatic nitrogens is 1.